The molecule has 0 spiro atoms. The Kier molecular flexibility index (Phi) is 14.2. The van der Waals surface area contributed by atoms with Crippen molar-refractivity contribution in [1.82, 2.24) is 19.5 Å². The number of hydrogen-bond donors (Lipinski definition) is 3. The van der Waals surface area contributed by atoms with Crippen molar-refractivity contribution in [3.05, 3.63) is 12.4 Å². The van der Waals surface area contributed by atoms with E-state index >= 15 is 0 Å². The van der Waals surface area contributed by atoms with Crippen LogP contribution in [0, 0.1) is 18.4 Å². The Morgan fingerprint density at radius 2 is 1.68 bits per heavy atom. The second kappa shape index (κ2) is 17.1. The molecule has 2 heterocycles. The van der Waals surface area contributed by atoms with Gasteiger partial charge in [0.1, 0.15) is 6.10 Å². The van der Waals surface area contributed by atoms with E-state index in [0.29, 0.717) is 6.42 Å². The summed E-state index contributed by atoms with van der Waals surface area (Å²) < 4.78 is 20.7. The lowest BCUT2D eigenvalue weighted by molar-refractivity contribution is -0.116. The third-order valence-corrected chi connectivity index (χ3v) is 6.95. The van der Waals surface area contributed by atoms with Crippen LogP contribution in [-0.4, -0.2) is 61.1 Å². The van der Waals surface area contributed by atoms with E-state index in [0.717, 1.165) is 19.3 Å². The number of methoxy groups -OCH3 is 1. The third kappa shape index (κ3) is 9.61. The van der Waals surface area contributed by atoms with Crippen LogP contribution in [0.4, 0.5) is 10.2 Å². The average Bonchev–Trinajstić information content (AvgIpc) is 3.30. The van der Waals surface area contributed by atoms with Crippen LogP contribution in [0.5, 0.6) is 0 Å². The first-order valence-electron chi connectivity index (χ1n) is 13.9. The molecule has 0 saturated heterocycles. The number of halogens is 1. The van der Waals surface area contributed by atoms with Gasteiger partial charge in [-0.25, -0.2) is 4.98 Å². The molecule has 38 heavy (non-hydrogen) atoms. The van der Waals surface area contributed by atoms with Gasteiger partial charge in [0.2, 0.25) is 5.91 Å². The van der Waals surface area contributed by atoms with Gasteiger partial charge in [-0.3, -0.25) is 4.79 Å². The lowest BCUT2D eigenvalue weighted by Gasteiger charge is -2.30. The number of hydrogen-bond acceptors (Lipinski definition) is 7. The Morgan fingerprint density at radius 1 is 1.11 bits per heavy atom. The van der Waals surface area contributed by atoms with Crippen molar-refractivity contribution < 1.29 is 24.1 Å². The van der Waals surface area contributed by atoms with Crippen molar-refractivity contribution in [2.75, 3.05) is 19.0 Å². The summed E-state index contributed by atoms with van der Waals surface area (Å²) in [4.78, 5) is 24.1. The van der Waals surface area contributed by atoms with Crippen LogP contribution in [0.2, 0.25) is 0 Å². The first-order chi connectivity index (χ1) is 18.4. The molecule has 0 bridgehead atoms. The third-order valence-electron chi connectivity index (χ3n) is 6.95. The van der Waals surface area contributed by atoms with Crippen molar-refractivity contribution in [2.45, 2.75) is 115 Å². The van der Waals surface area contributed by atoms with E-state index in [2.05, 4.69) is 33.1 Å². The van der Waals surface area contributed by atoms with Gasteiger partial charge >= 0.3 is 6.08 Å². The molecule has 0 aromatic carbocycles. The van der Waals surface area contributed by atoms with E-state index in [4.69, 9.17) is 11.2 Å². The summed E-state index contributed by atoms with van der Waals surface area (Å²) in [5, 5.41) is 22.8. The first kappa shape index (κ1) is 31.6. The SMILES string of the molecule is C#C[C@](CO)(OC)[C@@H](O)Cn1cnc2c(NC(=O)CCCCCCCCCCCCCCC)nc(F)nc21. The largest absolute Gasteiger partial charge is 0.392 e. The highest BCUT2D eigenvalue weighted by molar-refractivity contribution is 5.96. The first-order valence-corrected chi connectivity index (χ1v) is 13.9. The van der Waals surface area contributed by atoms with Crippen molar-refractivity contribution >= 4 is 22.9 Å². The van der Waals surface area contributed by atoms with Gasteiger partial charge in [-0.2, -0.15) is 14.4 Å². The number of imidazole rings is 1. The molecule has 2 rings (SSSR count). The standard InChI is InChI=1S/C28H44FN5O4/c1-4-6-7-8-9-10-11-12-13-14-15-16-17-18-23(37)31-25-24-26(33-27(29)32-25)34(21-30-24)19-22(36)28(5-2,20-35)38-3/h2,21-22,35-36H,4,6-20H2,1,3H3,(H,31,32,33,37)/t22-,28+/m0/s1. The van der Waals surface area contributed by atoms with Crippen molar-refractivity contribution in [3.8, 4) is 12.3 Å². The zero-order valence-electron chi connectivity index (χ0n) is 22.9. The molecule has 2 aromatic heterocycles. The Balaban J connectivity index is 1.77. The monoisotopic (exact) mass is 533 g/mol. The number of nitrogens with one attached hydrogen (secondary N) is 1. The predicted molar refractivity (Wildman–Crippen MR) is 146 cm³/mol. The number of terminal acetylenes is 1. The highest BCUT2D eigenvalue weighted by Gasteiger charge is 2.36. The Labute approximate surface area is 225 Å². The predicted octanol–water partition coefficient (Wildman–Crippen LogP) is 4.76. The van der Waals surface area contributed by atoms with Gasteiger partial charge in [0.15, 0.2) is 22.6 Å². The number of ether oxygens (including phenoxy) is 1. The average molecular weight is 534 g/mol. The van der Waals surface area contributed by atoms with Crippen LogP contribution < -0.4 is 5.32 Å². The minimum atomic E-state index is -1.63. The zero-order chi connectivity index (χ0) is 27.8. The molecule has 0 saturated carbocycles. The molecular weight excluding hydrogens is 489 g/mol. The summed E-state index contributed by atoms with van der Waals surface area (Å²) in [6, 6.07) is 0. The minimum Gasteiger partial charge on any atom is -0.392 e. The summed E-state index contributed by atoms with van der Waals surface area (Å²) in [5.74, 6) is 1.95. The fourth-order valence-corrected chi connectivity index (χ4v) is 4.48. The van der Waals surface area contributed by atoms with E-state index in [1.165, 1.54) is 82.2 Å². The maximum atomic E-state index is 14.2. The number of aromatic nitrogens is 4. The van der Waals surface area contributed by atoms with Gasteiger partial charge in [0, 0.05) is 13.5 Å². The molecule has 0 radical (unpaired) electrons. The molecule has 3 N–H and O–H groups in total. The highest BCUT2D eigenvalue weighted by atomic mass is 19.1. The lowest BCUT2D eigenvalue weighted by Crippen LogP contribution is -2.48. The van der Waals surface area contributed by atoms with E-state index in [9.17, 15) is 19.4 Å². The smallest absolute Gasteiger partial charge is 0.312 e. The fourth-order valence-electron chi connectivity index (χ4n) is 4.48. The van der Waals surface area contributed by atoms with Gasteiger partial charge in [-0.05, 0) is 6.42 Å². The Morgan fingerprint density at radius 3 is 2.21 bits per heavy atom. The molecule has 212 valence electrons. The summed E-state index contributed by atoms with van der Waals surface area (Å²) in [6.45, 7) is 1.46. The summed E-state index contributed by atoms with van der Waals surface area (Å²) in [5.41, 5.74) is -1.37. The number of unbranched alkanes of at least 4 members (excludes halogenated alkanes) is 12. The highest BCUT2D eigenvalue weighted by Crippen LogP contribution is 2.22. The Bertz CT molecular complexity index is 1020. The van der Waals surface area contributed by atoms with E-state index in [1.54, 1.807) is 0 Å². The zero-order valence-corrected chi connectivity index (χ0v) is 22.9. The number of aliphatic hydroxyl groups is 2. The molecule has 0 aliphatic rings. The van der Waals surface area contributed by atoms with E-state index in [1.807, 2.05) is 0 Å². The van der Waals surface area contributed by atoms with Crippen LogP contribution in [0.25, 0.3) is 11.2 Å². The normalized spacial score (nSPS) is 13.8. The van der Waals surface area contributed by atoms with Crippen LogP contribution in [0.15, 0.2) is 6.33 Å². The molecule has 0 aliphatic heterocycles. The van der Waals surface area contributed by atoms with Gasteiger partial charge in [-0.1, -0.05) is 89.9 Å². The topological polar surface area (TPSA) is 122 Å². The number of amides is 1. The number of aliphatic hydroxyl groups excluding tert-OH is 2. The molecule has 0 unspecified atom stereocenters. The second-order valence-electron chi connectivity index (χ2n) is 9.86. The summed E-state index contributed by atoms with van der Waals surface area (Å²) in [6.07, 6.45) is 20.6. The van der Waals surface area contributed by atoms with Crippen LogP contribution in [0.1, 0.15) is 96.8 Å². The summed E-state index contributed by atoms with van der Waals surface area (Å²) >= 11 is 0. The number of rotatable bonds is 20. The molecule has 10 heteroatoms. The quantitative estimate of drug-likeness (QED) is 0.127. The number of fused-ring (bicyclic) bond motifs is 1. The van der Waals surface area contributed by atoms with Crippen LogP contribution in [0.3, 0.4) is 0 Å². The van der Waals surface area contributed by atoms with E-state index < -0.39 is 24.4 Å². The molecule has 9 nitrogen and oxygen atoms in total. The number of anilines is 1. The number of nitrogens with zero attached hydrogens (tertiary/aromatic N) is 4. The summed E-state index contributed by atoms with van der Waals surface area (Å²) in [7, 11) is 1.28. The maximum absolute atomic E-state index is 14.2. The van der Waals surface area contributed by atoms with Crippen LogP contribution in [-0.2, 0) is 16.1 Å². The molecule has 1 amide bonds. The van der Waals surface area contributed by atoms with Gasteiger partial charge in [0.25, 0.3) is 0 Å². The molecule has 0 aliphatic carbocycles. The van der Waals surface area contributed by atoms with Crippen molar-refractivity contribution in [2.24, 2.45) is 0 Å². The van der Waals surface area contributed by atoms with Gasteiger partial charge in [0.05, 0.1) is 19.5 Å². The maximum Gasteiger partial charge on any atom is 0.312 e. The molecular formula is C28H44FN5O4. The van der Waals surface area contributed by atoms with Crippen molar-refractivity contribution in [1.29, 1.82) is 0 Å². The molecule has 2 atom stereocenters. The van der Waals surface area contributed by atoms with Gasteiger partial charge < -0.3 is 24.8 Å². The number of carbonyl (C=O) groups excluding carboxylic acids is 1. The second-order valence-corrected chi connectivity index (χ2v) is 9.86. The minimum absolute atomic E-state index is 0.0300. The molecule has 2 aromatic rings. The van der Waals surface area contributed by atoms with Gasteiger partial charge in [-0.15, -0.1) is 6.42 Å². The fraction of sp³-hybridized carbons (Fsp3) is 0.714. The van der Waals surface area contributed by atoms with Crippen molar-refractivity contribution in [3.63, 3.8) is 0 Å². The number of carbonyl (C=O) groups is 1. The molecule has 0 fully saturated rings. The Hall–Kier alpha value is -2.61. The lowest BCUT2D eigenvalue weighted by atomic mass is 9.98. The van der Waals surface area contributed by atoms with E-state index in [-0.39, 0.29) is 29.4 Å². The van der Waals surface area contributed by atoms with Crippen LogP contribution >= 0.6 is 0 Å².